The second kappa shape index (κ2) is 10.6. The smallest absolute Gasteiger partial charge is 0.407 e. The van der Waals surface area contributed by atoms with E-state index in [2.05, 4.69) is 10.6 Å². The van der Waals surface area contributed by atoms with Crippen LogP contribution in [0.15, 0.2) is 21.9 Å². The van der Waals surface area contributed by atoms with Crippen molar-refractivity contribution < 1.29 is 14.3 Å². The molecule has 1 aromatic rings. The Hall–Kier alpha value is -2.84. The molecule has 0 saturated carbocycles. The minimum absolute atomic E-state index is 0.224. The zero-order chi connectivity index (χ0) is 22.2. The lowest BCUT2D eigenvalue weighted by molar-refractivity contribution is -0.117. The maximum absolute atomic E-state index is 12.3. The monoisotopic (exact) mass is 408 g/mol. The molecule has 0 saturated heterocycles. The molecule has 162 valence electrons. The molecule has 0 aliphatic carbocycles. The number of carbonyl (C=O) groups excluding carboxylic acids is 2. The number of amides is 2. The van der Waals surface area contributed by atoms with Crippen LogP contribution in [0.2, 0.25) is 0 Å². The van der Waals surface area contributed by atoms with Crippen molar-refractivity contribution in [2.45, 2.75) is 58.6 Å². The molecular formula is C20H32N4O5. The summed E-state index contributed by atoms with van der Waals surface area (Å²) in [6.45, 7) is 7.60. The third-order valence-electron chi connectivity index (χ3n) is 4.03. The van der Waals surface area contributed by atoms with Crippen LogP contribution in [-0.4, -0.2) is 39.3 Å². The van der Waals surface area contributed by atoms with Gasteiger partial charge in [-0.25, -0.2) is 9.59 Å². The lowest BCUT2D eigenvalue weighted by Crippen LogP contribution is -2.44. The molecule has 0 aromatic carbocycles. The molecule has 2 amide bonds. The Labute approximate surface area is 170 Å². The van der Waals surface area contributed by atoms with Crippen molar-refractivity contribution in [3.63, 3.8) is 0 Å². The molecule has 0 aliphatic heterocycles. The van der Waals surface area contributed by atoms with Gasteiger partial charge in [-0.1, -0.05) is 19.8 Å². The van der Waals surface area contributed by atoms with Crippen LogP contribution < -0.4 is 21.9 Å². The summed E-state index contributed by atoms with van der Waals surface area (Å²) < 4.78 is 7.46. The number of nitrogens with zero attached hydrogens (tertiary/aromatic N) is 2. The zero-order valence-electron chi connectivity index (χ0n) is 18.1. The van der Waals surface area contributed by atoms with Crippen LogP contribution in [0.25, 0.3) is 6.08 Å². The third kappa shape index (κ3) is 8.37. The number of alkyl carbamates (subject to hydrolysis) is 1. The van der Waals surface area contributed by atoms with E-state index in [1.807, 2.05) is 6.92 Å². The standard InChI is InChI=1S/C20H32N4O5/c1-7-8-9-15(12-21-18(27)29-20(2,3)4)22-16(25)11-10-14-13-23(5)19(28)24(6)17(14)26/h10-11,13,15H,7-9,12H2,1-6H3,(H,21,27)(H,22,25). The van der Waals surface area contributed by atoms with Gasteiger partial charge in [-0.3, -0.25) is 14.2 Å². The van der Waals surface area contributed by atoms with Gasteiger partial charge in [0.15, 0.2) is 0 Å². The highest BCUT2D eigenvalue weighted by atomic mass is 16.6. The van der Waals surface area contributed by atoms with Crippen molar-refractivity contribution in [1.82, 2.24) is 19.8 Å². The zero-order valence-corrected chi connectivity index (χ0v) is 18.1. The van der Waals surface area contributed by atoms with Crippen molar-refractivity contribution in [2.24, 2.45) is 14.1 Å². The largest absolute Gasteiger partial charge is 0.444 e. The van der Waals surface area contributed by atoms with Crippen molar-refractivity contribution in [1.29, 1.82) is 0 Å². The van der Waals surface area contributed by atoms with E-state index in [0.29, 0.717) is 6.42 Å². The fourth-order valence-corrected chi connectivity index (χ4v) is 2.56. The quantitative estimate of drug-likeness (QED) is 0.630. The van der Waals surface area contributed by atoms with Gasteiger partial charge < -0.3 is 19.9 Å². The molecule has 0 radical (unpaired) electrons. The Morgan fingerprint density at radius 2 is 1.90 bits per heavy atom. The first-order valence-electron chi connectivity index (χ1n) is 9.66. The van der Waals surface area contributed by atoms with E-state index in [0.717, 1.165) is 17.4 Å². The van der Waals surface area contributed by atoms with Gasteiger partial charge in [-0.05, 0) is 33.3 Å². The maximum Gasteiger partial charge on any atom is 0.407 e. The van der Waals surface area contributed by atoms with Crippen molar-refractivity contribution in [2.75, 3.05) is 6.54 Å². The maximum atomic E-state index is 12.3. The van der Waals surface area contributed by atoms with E-state index >= 15 is 0 Å². The molecule has 29 heavy (non-hydrogen) atoms. The van der Waals surface area contributed by atoms with E-state index in [9.17, 15) is 19.2 Å². The van der Waals surface area contributed by atoms with E-state index in [-0.39, 0.29) is 18.2 Å². The Morgan fingerprint density at radius 1 is 1.24 bits per heavy atom. The Bertz CT molecular complexity index is 861. The molecule has 2 N–H and O–H groups in total. The minimum Gasteiger partial charge on any atom is -0.444 e. The summed E-state index contributed by atoms with van der Waals surface area (Å²) in [6, 6.07) is -0.275. The first-order chi connectivity index (χ1) is 13.4. The van der Waals surface area contributed by atoms with Crippen LogP contribution in [0.3, 0.4) is 0 Å². The van der Waals surface area contributed by atoms with Crippen LogP contribution in [0.4, 0.5) is 4.79 Å². The summed E-state index contributed by atoms with van der Waals surface area (Å²) in [7, 11) is 2.91. The van der Waals surface area contributed by atoms with E-state index < -0.39 is 28.9 Å². The van der Waals surface area contributed by atoms with Crippen molar-refractivity contribution in [3.8, 4) is 0 Å². The normalized spacial score (nSPS) is 12.6. The lowest BCUT2D eigenvalue weighted by Gasteiger charge is -2.22. The predicted molar refractivity (Wildman–Crippen MR) is 112 cm³/mol. The highest BCUT2D eigenvalue weighted by Crippen LogP contribution is 2.07. The fraction of sp³-hybridized carbons (Fsp3) is 0.600. The summed E-state index contributed by atoms with van der Waals surface area (Å²) in [5, 5.41) is 5.49. The highest BCUT2D eigenvalue weighted by molar-refractivity contribution is 5.91. The van der Waals surface area contributed by atoms with Gasteiger partial charge in [0.25, 0.3) is 5.56 Å². The molecule has 1 unspecified atom stereocenters. The second-order valence-corrected chi connectivity index (χ2v) is 7.91. The number of rotatable bonds is 8. The first kappa shape index (κ1) is 24.2. The summed E-state index contributed by atoms with van der Waals surface area (Å²) in [5.41, 5.74) is -1.30. The molecule has 0 fully saturated rings. The molecule has 0 aliphatic rings. The number of aryl methyl sites for hydroxylation is 1. The number of carbonyl (C=O) groups is 2. The van der Waals surface area contributed by atoms with Gasteiger partial charge in [0.2, 0.25) is 5.91 Å². The van der Waals surface area contributed by atoms with Gasteiger partial charge in [0, 0.05) is 39.0 Å². The molecule has 1 atom stereocenters. The van der Waals surface area contributed by atoms with Crippen molar-refractivity contribution in [3.05, 3.63) is 38.7 Å². The van der Waals surface area contributed by atoms with Crippen LogP contribution in [-0.2, 0) is 23.6 Å². The Balaban J connectivity index is 2.78. The number of nitrogens with one attached hydrogen (secondary N) is 2. The summed E-state index contributed by atoms with van der Waals surface area (Å²) in [5.74, 6) is -0.395. The third-order valence-corrected chi connectivity index (χ3v) is 4.03. The molecule has 1 rings (SSSR count). The lowest BCUT2D eigenvalue weighted by atomic mass is 10.1. The van der Waals surface area contributed by atoms with Gasteiger partial charge in [-0.2, -0.15) is 0 Å². The number of aromatic nitrogens is 2. The number of hydrogen-bond acceptors (Lipinski definition) is 5. The van der Waals surface area contributed by atoms with Gasteiger partial charge >= 0.3 is 11.8 Å². The predicted octanol–water partition coefficient (Wildman–Crippen LogP) is 1.30. The summed E-state index contributed by atoms with van der Waals surface area (Å²) >= 11 is 0. The van der Waals surface area contributed by atoms with E-state index in [1.54, 1.807) is 20.8 Å². The van der Waals surface area contributed by atoms with Crippen molar-refractivity contribution >= 4 is 18.1 Å². The summed E-state index contributed by atoms with van der Waals surface area (Å²) in [4.78, 5) is 48.0. The SMILES string of the molecule is CCCCC(CNC(=O)OC(C)(C)C)NC(=O)C=Cc1cn(C)c(=O)n(C)c1=O. The van der Waals surface area contributed by atoms with Crippen LogP contribution in [0.1, 0.15) is 52.5 Å². The first-order valence-corrected chi connectivity index (χ1v) is 9.66. The Kier molecular flexibility index (Phi) is 8.87. The topological polar surface area (TPSA) is 111 Å². The average molecular weight is 408 g/mol. The van der Waals surface area contributed by atoms with Gasteiger partial charge in [0.1, 0.15) is 5.60 Å². The molecule has 1 aromatic heterocycles. The number of hydrogen-bond donors (Lipinski definition) is 2. The molecular weight excluding hydrogens is 376 g/mol. The molecule has 0 bridgehead atoms. The average Bonchev–Trinajstić information content (AvgIpc) is 2.62. The minimum atomic E-state index is -0.600. The highest BCUT2D eigenvalue weighted by Gasteiger charge is 2.18. The Morgan fingerprint density at radius 3 is 2.48 bits per heavy atom. The molecule has 9 nitrogen and oxygen atoms in total. The van der Waals surface area contributed by atoms with Gasteiger partial charge in [-0.15, -0.1) is 0 Å². The molecule has 9 heteroatoms. The van der Waals surface area contributed by atoms with E-state index in [1.165, 1.54) is 37.0 Å². The fourth-order valence-electron chi connectivity index (χ4n) is 2.56. The summed E-state index contributed by atoms with van der Waals surface area (Å²) in [6.07, 6.45) is 5.97. The van der Waals surface area contributed by atoms with Crippen LogP contribution in [0.5, 0.6) is 0 Å². The van der Waals surface area contributed by atoms with Gasteiger partial charge in [0.05, 0.1) is 5.56 Å². The number of ether oxygens (including phenoxy) is 1. The van der Waals surface area contributed by atoms with E-state index in [4.69, 9.17) is 4.74 Å². The number of unbranched alkanes of at least 4 members (excludes halogenated alkanes) is 1. The van der Waals surface area contributed by atoms with Crippen LogP contribution >= 0.6 is 0 Å². The molecule has 0 spiro atoms. The van der Waals surface area contributed by atoms with Crippen LogP contribution in [0, 0.1) is 0 Å². The molecule has 1 heterocycles. The second-order valence-electron chi connectivity index (χ2n) is 7.91.